The van der Waals surface area contributed by atoms with Gasteiger partial charge >= 0.3 is 0 Å². The lowest BCUT2D eigenvalue weighted by Crippen LogP contribution is -2.24. The SMILES string of the molecule is N#Cc1c[nH]c(C(=O)NC/C=C\C=N/CC2=CCCCC2)n1. The van der Waals surface area contributed by atoms with Crippen LogP contribution in [0.15, 0.2) is 35.0 Å². The molecular formula is C16H19N5O. The van der Waals surface area contributed by atoms with Gasteiger partial charge in [0, 0.05) is 19.0 Å². The number of hydrogen-bond donors (Lipinski definition) is 2. The monoisotopic (exact) mass is 297 g/mol. The fourth-order valence-electron chi connectivity index (χ4n) is 2.14. The first-order chi connectivity index (χ1) is 10.8. The van der Waals surface area contributed by atoms with Crippen LogP contribution in [0.3, 0.4) is 0 Å². The van der Waals surface area contributed by atoms with Crippen molar-refractivity contribution in [2.75, 3.05) is 13.1 Å². The van der Waals surface area contributed by atoms with Gasteiger partial charge in [0.1, 0.15) is 6.07 Å². The van der Waals surface area contributed by atoms with Crippen LogP contribution in [0.1, 0.15) is 42.0 Å². The Morgan fingerprint density at radius 1 is 1.55 bits per heavy atom. The minimum atomic E-state index is -0.338. The van der Waals surface area contributed by atoms with E-state index in [1.807, 2.05) is 18.2 Å². The van der Waals surface area contributed by atoms with Crippen LogP contribution >= 0.6 is 0 Å². The van der Waals surface area contributed by atoms with E-state index >= 15 is 0 Å². The summed E-state index contributed by atoms with van der Waals surface area (Å²) in [4.78, 5) is 22.5. The predicted molar refractivity (Wildman–Crippen MR) is 84.7 cm³/mol. The van der Waals surface area contributed by atoms with Crippen molar-refractivity contribution >= 4 is 12.1 Å². The maximum atomic E-state index is 11.7. The summed E-state index contributed by atoms with van der Waals surface area (Å²) in [5.41, 5.74) is 1.61. The van der Waals surface area contributed by atoms with Gasteiger partial charge in [-0.2, -0.15) is 5.26 Å². The summed E-state index contributed by atoms with van der Waals surface area (Å²) in [6.45, 7) is 1.15. The molecular weight excluding hydrogens is 278 g/mol. The Morgan fingerprint density at radius 2 is 2.45 bits per heavy atom. The largest absolute Gasteiger partial charge is 0.346 e. The number of rotatable bonds is 6. The van der Waals surface area contributed by atoms with Gasteiger partial charge in [-0.3, -0.25) is 9.79 Å². The molecule has 0 bridgehead atoms. The van der Waals surface area contributed by atoms with Crippen molar-refractivity contribution in [3.05, 3.63) is 41.5 Å². The van der Waals surface area contributed by atoms with Crippen LogP contribution < -0.4 is 5.32 Å². The van der Waals surface area contributed by atoms with Crippen molar-refractivity contribution in [2.45, 2.75) is 25.7 Å². The number of aromatic amines is 1. The van der Waals surface area contributed by atoms with Gasteiger partial charge in [0.15, 0.2) is 11.5 Å². The quantitative estimate of drug-likeness (QED) is 0.622. The minimum absolute atomic E-state index is 0.142. The molecule has 0 spiro atoms. The number of carbonyl (C=O) groups is 1. The van der Waals surface area contributed by atoms with Gasteiger partial charge in [0.2, 0.25) is 0 Å². The highest BCUT2D eigenvalue weighted by molar-refractivity contribution is 5.90. The molecule has 0 atom stereocenters. The molecule has 0 aromatic carbocycles. The molecule has 6 nitrogen and oxygen atoms in total. The van der Waals surface area contributed by atoms with Crippen molar-refractivity contribution in [3.8, 4) is 6.07 Å². The second-order valence-corrected chi connectivity index (χ2v) is 4.98. The van der Waals surface area contributed by atoms with Gasteiger partial charge in [-0.05, 0) is 31.8 Å². The van der Waals surface area contributed by atoms with Crippen LogP contribution in [-0.2, 0) is 0 Å². The fraction of sp³-hybridized carbons (Fsp3) is 0.375. The van der Waals surface area contributed by atoms with Crippen molar-refractivity contribution in [1.82, 2.24) is 15.3 Å². The first-order valence-corrected chi connectivity index (χ1v) is 7.36. The van der Waals surface area contributed by atoms with E-state index in [-0.39, 0.29) is 17.4 Å². The molecule has 0 aliphatic heterocycles. The molecule has 1 amide bonds. The summed E-state index contributed by atoms with van der Waals surface area (Å²) < 4.78 is 0. The number of carbonyl (C=O) groups excluding carboxylic acids is 1. The Balaban J connectivity index is 1.66. The molecule has 114 valence electrons. The van der Waals surface area contributed by atoms with Crippen molar-refractivity contribution in [1.29, 1.82) is 5.26 Å². The zero-order valence-corrected chi connectivity index (χ0v) is 12.4. The molecule has 0 fully saturated rings. The lowest BCUT2D eigenvalue weighted by molar-refractivity contribution is 0.0948. The van der Waals surface area contributed by atoms with Gasteiger partial charge in [-0.1, -0.05) is 17.7 Å². The number of allylic oxidation sites excluding steroid dienone is 2. The van der Waals surface area contributed by atoms with E-state index in [4.69, 9.17) is 5.26 Å². The Bertz CT molecular complexity index is 633. The normalized spacial score (nSPS) is 15.0. The van der Waals surface area contributed by atoms with E-state index < -0.39 is 0 Å². The molecule has 0 saturated heterocycles. The highest BCUT2D eigenvalue weighted by Gasteiger charge is 2.08. The number of H-pyrrole nitrogens is 1. The van der Waals surface area contributed by atoms with Crippen LogP contribution in [0.5, 0.6) is 0 Å². The number of imidazole rings is 1. The Kier molecular flexibility index (Phi) is 6.12. The van der Waals surface area contributed by atoms with Crippen molar-refractivity contribution in [2.24, 2.45) is 4.99 Å². The summed E-state index contributed by atoms with van der Waals surface area (Å²) in [6.07, 6.45) is 13.9. The third kappa shape index (κ3) is 5.02. The molecule has 1 aliphatic rings. The summed E-state index contributed by atoms with van der Waals surface area (Å²) in [6, 6.07) is 1.86. The predicted octanol–water partition coefficient (Wildman–Crippen LogP) is 2.14. The molecule has 0 unspecified atom stereocenters. The first kappa shape index (κ1) is 15.7. The van der Waals surface area contributed by atoms with Crippen LogP contribution in [0.25, 0.3) is 0 Å². The number of nitrogens with zero attached hydrogens (tertiary/aromatic N) is 3. The lowest BCUT2D eigenvalue weighted by Gasteiger charge is -2.09. The smallest absolute Gasteiger partial charge is 0.287 e. The molecule has 0 saturated carbocycles. The number of aromatic nitrogens is 2. The number of nitriles is 1. The van der Waals surface area contributed by atoms with E-state index in [1.54, 1.807) is 6.21 Å². The first-order valence-electron chi connectivity index (χ1n) is 7.36. The molecule has 0 radical (unpaired) electrons. The zero-order valence-electron chi connectivity index (χ0n) is 12.4. The third-order valence-corrected chi connectivity index (χ3v) is 3.29. The standard InChI is InChI=1S/C16H19N5O/c17-10-14-12-20-15(21-14)16(22)19-9-5-4-8-18-11-13-6-2-1-3-7-13/h4-6,8,12H,1-3,7,9,11H2,(H,19,22)(H,20,21)/b5-4-,18-8-. The summed E-state index contributed by atoms with van der Waals surface area (Å²) >= 11 is 0. The second-order valence-electron chi connectivity index (χ2n) is 4.98. The highest BCUT2D eigenvalue weighted by atomic mass is 16.2. The third-order valence-electron chi connectivity index (χ3n) is 3.29. The van der Waals surface area contributed by atoms with Crippen molar-refractivity contribution < 1.29 is 4.79 Å². The van der Waals surface area contributed by atoms with Gasteiger partial charge in [-0.15, -0.1) is 0 Å². The van der Waals surface area contributed by atoms with Gasteiger partial charge in [0.25, 0.3) is 5.91 Å². The zero-order chi connectivity index (χ0) is 15.6. The summed E-state index contributed by atoms with van der Waals surface area (Å²) in [7, 11) is 0. The lowest BCUT2D eigenvalue weighted by atomic mass is 10.00. The van der Waals surface area contributed by atoms with Gasteiger partial charge < -0.3 is 10.3 Å². The average molecular weight is 297 g/mol. The van der Waals surface area contributed by atoms with Crippen LogP contribution in [0.2, 0.25) is 0 Å². The minimum Gasteiger partial charge on any atom is -0.346 e. The molecule has 2 N–H and O–H groups in total. The number of amides is 1. The molecule has 2 rings (SSSR count). The highest BCUT2D eigenvalue weighted by Crippen LogP contribution is 2.16. The van der Waals surface area contributed by atoms with E-state index in [9.17, 15) is 4.79 Å². The number of aliphatic imine (C=N–C) groups is 1. The second kappa shape index (κ2) is 8.57. The maximum Gasteiger partial charge on any atom is 0.287 e. The molecule has 1 aromatic rings. The van der Waals surface area contributed by atoms with E-state index in [0.29, 0.717) is 6.54 Å². The van der Waals surface area contributed by atoms with Crippen LogP contribution in [0.4, 0.5) is 0 Å². The van der Waals surface area contributed by atoms with Crippen LogP contribution in [0, 0.1) is 11.3 Å². The number of hydrogen-bond acceptors (Lipinski definition) is 4. The molecule has 6 heteroatoms. The Morgan fingerprint density at radius 3 is 3.18 bits per heavy atom. The molecule has 1 aliphatic carbocycles. The summed E-state index contributed by atoms with van der Waals surface area (Å²) in [5.74, 6) is -0.196. The fourth-order valence-corrected chi connectivity index (χ4v) is 2.14. The average Bonchev–Trinajstić information content (AvgIpc) is 3.04. The van der Waals surface area contributed by atoms with E-state index in [1.165, 1.54) is 31.0 Å². The molecule has 22 heavy (non-hydrogen) atoms. The Labute approximate surface area is 129 Å². The molecule has 1 heterocycles. The van der Waals surface area contributed by atoms with Gasteiger partial charge in [-0.25, -0.2) is 4.98 Å². The van der Waals surface area contributed by atoms with Crippen molar-refractivity contribution in [3.63, 3.8) is 0 Å². The topological polar surface area (TPSA) is 93.9 Å². The van der Waals surface area contributed by atoms with E-state index in [0.717, 1.165) is 13.0 Å². The Hall–Kier alpha value is -2.68. The summed E-state index contributed by atoms with van der Waals surface area (Å²) in [5, 5.41) is 11.3. The molecule has 1 aromatic heterocycles. The van der Waals surface area contributed by atoms with Gasteiger partial charge in [0.05, 0.1) is 6.54 Å². The number of nitrogens with one attached hydrogen (secondary N) is 2. The van der Waals surface area contributed by atoms with E-state index in [2.05, 4.69) is 26.4 Å². The maximum absolute atomic E-state index is 11.7. The van der Waals surface area contributed by atoms with Crippen LogP contribution in [-0.4, -0.2) is 35.2 Å².